The minimum Gasteiger partial charge on any atom is -0.283 e. The first-order chi connectivity index (χ1) is 9.70. The second kappa shape index (κ2) is 4.97. The summed E-state index contributed by atoms with van der Waals surface area (Å²) in [6.45, 7) is 2.00. The van der Waals surface area contributed by atoms with Crippen LogP contribution in [-0.2, 0) is 12.8 Å². The lowest BCUT2D eigenvalue weighted by molar-refractivity contribution is 0.673. The Morgan fingerprint density at radius 2 is 2.05 bits per heavy atom. The van der Waals surface area contributed by atoms with E-state index in [0.29, 0.717) is 5.56 Å². The van der Waals surface area contributed by atoms with E-state index in [-0.39, 0.29) is 5.56 Å². The summed E-state index contributed by atoms with van der Waals surface area (Å²) in [6, 6.07) is 9.92. The van der Waals surface area contributed by atoms with Crippen LogP contribution in [-0.4, -0.2) is 4.57 Å². The molecule has 3 heteroatoms. The van der Waals surface area contributed by atoms with Gasteiger partial charge in [-0.2, -0.15) is 5.26 Å². The third-order valence-electron chi connectivity index (χ3n) is 3.92. The molecule has 1 heterocycles. The number of aryl methyl sites for hydroxylation is 2. The maximum absolute atomic E-state index is 12.5. The molecule has 0 N–H and O–H groups in total. The predicted molar refractivity (Wildman–Crippen MR) is 78.1 cm³/mol. The van der Waals surface area contributed by atoms with Crippen LogP contribution < -0.4 is 5.56 Å². The highest BCUT2D eigenvalue weighted by molar-refractivity contribution is 5.46. The van der Waals surface area contributed by atoms with Crippen molar-refractivity contribution in [3.63, 3.8) is 0 Å². The molecule has 0 fully saturated rings. The topological polar surface area (TPSA) is 45.8 Å². The number of hydrogen-bond donors (Lipinski definition) is 0. The van der Waals surface area contributed by atoms with Gasteiger partial charge in [-0.25, -0.2) is 0 Å². The molecule has 0 unspecified atom stereocenters. The van der Waals surface area contributed by atoms with Gasteiger partial charge in [0, 0.05) is 11.9 Å². The highest BCUT2D eigenvalue weighted by atomic mass is 16.1. The molecule has 0 aliphatic heterocycles. The number of fused-ring (bicyclic) bond motifs is 1. The summed E-state index contributed by atoms with van der Waals surface area (Å²) in [5, 5.41) is 9.34. The summed E-state index contributed by atoms with van der Waals surface area (Å²) in [6.07, 6.45) is 5.92. The number of aromatic nitrogens is 1. The lowest BCUT2D eigenvalue weighted by Gasteiger charge is -2.19. The smallest absolute Gasteiger partial charge is 0.273 e. The van der Waals surface area contributed by atoms with Crippen LogP contribution in [0.1, 0.15) is 35.1 Å². The number of nitriles is 1. The third-order valence-corrected chi connectivity index (χ3v) is 3.92. The largest absolute Gasteiger partial charge is 0.283 e. The fourth-order valence-corrected chi connectivity index (χ4v) is 2.91. The van der Waals surface area contributed by atoms with Crippen LogP contribution in [0, 0.1) is 18.3 Å². The zero-order chi connectivity index (χ0) is 14.1. The van der Waals surface area contributed by atoms with E-state index in [9.17, 15) is 10.1 Å². The first kappa shape index (κ1) is 12.7. The summed E-state index contributed by atoms with van der Waals surface area (Å²) in [5.41, 5.74) is 4.18. The maximum Gasteiger partial charge on any atom is 0.273 e. The summed E-state index contributed by atoms with van der Waals surface area (Å²) in [7, 11) is 0. The van der Waals surface area contributed by atoms with Gasteiger partial charge in [-0.05, 0) is 61.4 Å². The van der Waals surface area contributed by atoms with Gasteiger partial charge in [0.2, 0.25) is 0 Å². The first-order valence-electron chi connectivity index (χ1n) is 6.95. The third kappa shape index (κ3) is 2.04. The molecule has 100 valence electrons. The Morgan fingerprint density at radius 3 is 2.80 bits per heavy atom. The molecule has 0 atom stereocenters. The molecule has 1 aromatic heterocycles. The molecule has 3 nitrogen and oxygen atoms in total. The molecule has 1 aliphatic carbocycles. The van der Waals surface area contributed by atoms with Gasteiger partial charge in [0.05, 0.1) is 0 Å². The Hall–Kier alpha value is -2.34. The summed E-state index contributed by atoms with van der Waals surface area (Å²) in [4.78, 5) is 12.5. The summed E-state index contributed by atoms with van der Waals surface area (Å²) in [5.74, 6) is 0. The number of rotatable bonds is 1. The molecule has 0 spiro atoms. The monoisotopic (exact) mass is 264 g/mol. The van der Waals surface area contributed by atoms with Crippen molar-refractivity contribution in [2.45, 2.75) is 32.6 Å². The van der Waals surface area contributed by atoms with Crippen molar-refractivity contribution in [3.8, 4) is 11.8 Å². The average molecular weight is 264 g/mol. The van der Waals surface area contributed by atoms with Crippen LogP contribution in [0.15, 0.2) is 35.3 Å². The van der Waals surface area contributed by atoms with E-state index in [1.54, 1.807) is 4.57 Å². The van der Waals surface area contributed by atoms with E-state index >= 15 is 0 Å². The molecule has 1 aromatic carbocycles. The molecular formula is C17H16N2O. The van der Waals surface area contributed by atoms with E-state index < -0.39 is 0 Å². The minimum atomic E-state index is -0.196. The molecule has 3 rings (SSSR count). The van der Waals surface area contributed by atoms with Crippen LogP contribution in [0.5, 0.6) is 0 Å². The number of benzene rings is 1. The minimum absolute atomic E-state index is 0.196. The highest BCUT2D eigenvalue weighted by Gasteiger charge is 2.18. The molecule has 0 radical (unpaired) electrons. The zero-order valence-corrected chi connectivity index (χ0v) is 11.5. The van der Waals surface area contributed by atoms with Crippen LogP contribution in [0.25, 0.3) is 5.69 Å². The van der Waals surface area contributed by atoms with Gasteiger partial charge < -0.3 is 0 Å². The molecule has 1 aliphatic rings. The standard InChI is InChI=1S/C17H16N2O/c1-12-5-4-7-14(9-12)19-11-13-6-2-3-8-15(13)16(10-18)17(19)20/h4-5,7,9,11H,2-3,6,8H2,1H3. The Bertz CT molecular complexity index is 766. The van der Waals surface area contributed by atoms with E-state index in [1.807, 2.05) is 37.4 Å². The molecule has 0 amide bonds. The molecule has 0 bridgehead atoms. The van der Waals surface area contributed by atoms with Crippen molar-refractivity contribution < 1.29 is 0 Å². The summed E-state index contributed by atoms with van der Waals surface area (Å²) >= 11 is 0. The van der Waals surface area contributed by atoms with Crippen LogP contribution >= 0.6 is 0 Å². The SMILES string of the molecule is Cc1cccc(-n2cc3c(c(C#N)c2=O)CCCC3)c1. The lowest BCUT2D eigenvalue weighted by Crippen LogP contribution is -2.25. The quantitative estimate of drug-likeness (QED) is 0.795. The molecule has 20 heavy (non-hydrogen) atoms. The normalized spacial score (nSPS) is 13.6. The van der Waals surface area contributed by atoms with Gasteiger partial charge in [-0.1, -0.05) is 12.1 Å². The molecular weight excluding hydrogens is 248 g/mol. The number of nitrogens with zero attached hydrogens (tertiary/aromatic N) is 2. The van der Waals surface area contributed by atoms with Crippen LogP contribution in [0.2, 0.25) is 0 Å². The van der Waals surface area contributed by atoms with E-state index in [1.165, 1.54) is 0 Å². The number of pyridine rings is 1. The van der Waals surface area contributed by atoms with Crippen molar-refractivity contribution in [2.75, 3.05) is 0 Å². The van der Waals surface area contributed by atoms with Crippen molar-refractivity contribution in [1.82, 2.24) is 4.57 Å². The van der Waals surface area contributed by atoms with Crippen molar-refractivity contribution in [1.29, 1.82) is 5.26 Å². The fraction of sp³-hybridized carbons (Fsp3) is 0.294. The second-order valence-corrected chi connectivity index (χ2v) is 5.34. The van der Waals surface area contributed by atoms with Crippen LogP contribution in [0.3, 0.4) is 0 Å². The highest BCUT2D eigenvalue weighted by Crippen LogP contribution is 2.23. The van der Waals surface area contributed by atoms with E-state index in [0.717, 1.165) is 48.1 Å². The van der Waals surface area contributed by atoms with Gasteiger partial charge in [0.15, 0.2) is 0 Å². The first-order valence-corrected chi connectivity index (χ1v) is 6.95. The van der Waals surface area contributed by atoms with Gasteiger partial charge in [-0.15, -0.1) is 0 Å². The predicted octanol–water partition coefficient (Wildman–Crippen LogP) is 2.90. The Labute approximate surface area is 118 Å². The maximum atomic E-state index is 12.5. The Kier molecular flexibility index (Phi) is 3.15. The molecule has 0 saturated carbocycles. The van der Waals surface area contributed by atoms with Gasteiger partial charge in [0.1, 0.15) is 11.6 Å². The fourth-order valence-electron chi connectivity index (χ4n) is 2.91. The van der Waals surface area contributed by atoms with E-state index in [2.05, 4.69) is 6.07 Å². The van der Waals surface area contributed by atoms with Gasteiger partial charge in [-0.3, -0.25) is 9.36 Å². The average Bonchev–Trinajstić information content (AvgIpc) is 2.46. The van der Waals surface area contributed by atoms with Crippen molar-refractivity contribution in [2.24, 2.45) is 0 Å². The second-order valence-electron chi connectivity index (χ2n) is 5.34. The summed E-state index contributed by atoms with van der Waals surface area (Å²) < 4.78 is 1.62. The van der Waals surface area contributed by atoms with Gasteiger partial charge >= 0.3 is 0 Å². The van der Waals surface area contributed by atoms with Gasteiger partial charge in [0.25, 0.3) is 5.56 Å². The van der Waals surface area contributed by atoms with E-state index in [4.69, 9.17) is 0 Å². The lowest BCUT2D eigenvalue weighted by atomic mass is 9.90. The van der Waals surface area contributed by atoms with Crippen molar-refractivity contribution >= 4 is 0 Å². The van der Waals surface area contributed by atoms with Crippen LogP contribution in [0.4, 0.5) is 0 Å². The number of hydrogen-bond acceptors (Lipinski definition) is 2. The van der Waals surface area contributed by atoms with Crippen molar-refractivity contribution in [3.05, 3.63) is 63.1 Å². The Balaban J connectivity index is 2.28. The Morgan fingerprint density at radius 1 is 1.25 bits per heavy atom. The molecule has 2 aromatic rings. The molecule has 0 saturated heterocycles. The zero-order valence-electron chi connectivity index (χ0n) is 11.5.